The molecule has 1 aliphatic rings. The molecule has 1 saturated carbocycles. The molecule has 18 heavy (non-hydrogen) atoms. The van der Waals surface area contributed by atoms with Crippen LogP contribution in [0.25, 0.3) is 10.8 Å². The van der Waals surface area contributed by atoms with Crippen molar-refractivity contribution in [2.24, 2.45) is 0 Å². The van der Waals surface area contributed by atoms with E-state index in [0.717, 1.165) is 10.9 Å². The van der Waals surface area contributed by atoms with Gasteiger partial charge in [-0.05, 0) is 29.2 Å². The molecule has 0 aromatic heterocycles. The molecule has 2 nitrogen and oxygen atoms in total. The standard InChI is InChI=1S/C16H18O2/c1-16(14(17)8-9-15(16)18)13-7-6-11-4-2-3-5-12(11)10-13/h2-7,10,14-15,17-18H,8-9H2,1H3. The van der Waals surface area contributed by atoms with Crippen molar-refractivity contribution in [3.63, 3.8) is 0 Å². The third-order valence-electron chi connectivity index (χ3n) is 4.47. The second-order valence-electron chi connectivity index (χ2n) is 5.45. The summed E-state index contributed by atoms with van der Waals surface area (Å²) in [5.74, 6) is 0. The Morgan fingerprint density at radius 2 is 1.56 bits per heavy atom. The highest BCUT2D eigenvalue weighted by atomic mass is 16.3. The SMILES string of the molecule is CC1(c2ccc3ccccc3c2)C(O)CCC1O. The van der Waals surface area contributed by atoms with E-state index in [1.807, 2.05) is 25.1 Å². The predicted molar refractivity (Wildman–Crippen MR) is 72.5 cm³/mol. The Hall–Kier alpha value is -1.38. The lowest BCUT2D eigenvalue weighted by Gasteiger charge is -2.32. The molecule has 1 aliphatic carbocycles. The number of rotatable bonds is 1. The molecular weight excluding hydrogens is 224 g/mol. The zero-order valence-corrected chi connectivity index (χ0v) is 10.5. The van der Waals surface area contributed by atoms with Crippen LogP contribution in [0.15, 0.2) is 42.5 Å². The van der Waals surface area contributed by atoms with Crippen LogP contribution in [-0.2, 0) is 5.41 Å². The highest BCUT2D eigenvalue weighted by Crippen LogP contribution is 2.41. The number of fused-ring (bicyclic) bond motifs is 1. The normalized spacial score (nSPS) is 31.9. The highest BCUT2D eigenvalue weighted by molar-refractivity contribution is 5.83. The maximum absolute atomic E-state index is 10.2. The smallest absolute Gasteiger partial charge is 0.0660 e. The lowest BCUT2D eigenvalue weighted by molar-refractivity contribution is 0.0457. The first-order valence-electron chi connectivity index (χ1n) is 6.48. The Labute approximate surface area is 107 Å². The van der Waals surface area contributed by atoms with Gasteiger partial charge in [0.25, 0.3) is 0 Å². The van der Waals surface area contributed by atoms with Crippen LogP contribution in [0, 0.1) is 0 Å². The van der Waals surface area contributed by atoms with Gasteiger partial charge in [0.1, 0.15) is 0 Å². The molecule has 2 N–H and O–H groups in total. The minimum absolute atomic E-state index is 0.464. The molecule has 2 heteroatoms. The first-order valence-corrected chi connectivity index (χ1v) is 6.48. The van der Waals surface area contributed by atoms with Crippen molar-refractivity contribution in [3.05, 3.63) is 48.0 Å². The van der Waals surface area contributed by atoms with Crippen molar-refractivity contribution >= 4 is 10.8 Å². The van der Waals surface area contributed by atoms with Crippen LogP contribution in [-0.4, -0.2) is 22.4 Å². The zero-order chi connectivity index (χ0) is 12.8. The van der Waals surface area contributed by atoms with Crippen molar-refractivity contribution in [2.75, 3.05) is 0 Å². The summed E-state index contributed by atoms with van der Waals surface area (Å²) in [6.07, 6.45) is 0.414. The van der Waals surface area contributed by atoms with Gasteiger partial charge in [0.05, 0.1) is 12.2 Å². The van der Waals surface area contributed by atoms with Crippen LogP contribution in [0.2, 0.25) is 0 Å². The fourth-order valence-electron chi connectivity index (χ4n) is 3.05. The van der Waals surface area contributed by atoms with Crippen LogP contribution in [0.5, 0.6) is 0 Å². The van der Waals surface area contributed by atoms with E-state index in [-0.39, 0.29) is 0 Å². The van der Waals surface area contributed by atoms with Crippen LogP contribution in [0.1, 0.15) is 25.3 Å². The molecule has 1 fully saturated rings. The average Bonchev–Trinajstić information content (AvgIpc) is 2.67. The van der Waals surface area contributed by atoms with E-state index in [1.165, 1.54) is 5.39 Å². The van der Waals surface area contributed by atoms with E-state index >= 15 is 0 Å². The predicted octanol–water partition coefficient (Wildman–Crippen LogP) is 2.61. The number of aliphatic hydroxyl groups excluding tert-OH is 2. The van der Waals surface area contributed by atoms with E-state index in [2.05, 4.69) is 24.3 Å². The lowest BCUT2D eigenvalue weighted by Crippen LogP contribution is -2.40. The van der Waals surface area contributed by atoms with Crippen molar-refractivity contribution in [3.8, 4) is 0 Å². The Balaban J connectivity index is 2.14. The van der Waals surface area contributed by atoms with Gasteiger partial charge in [-0.25, -0.2) is 0 Å². The quantitative estimate of drug-likeness (QED) is 0.807. The Morgan fingerprint density at radius 3 is 2.22 bits per heavy atom. The molecular formula is C16H18O2. The number of hydrogen-bond donors (Lipinski definition) is 2. The third kappa shape index (κ3) is 1.57. The summed E-state index contributed by atoms with van der Waals surface area (Å²) < 4.78 is 0. The maximum atomic E-state index is 10.2. The van der Waals surface area contributed by atoms with Gasteiger partial charge in [-0.2, -0.15) is 0 Å². The molecule has 0 aliphatic heterocycles. The Kier molecular flexibility index (Phi) is 2.65. The molecule has 2 aromatic carbocycles. The minimum Gasteiger partial charge on any atom is -0.392 e. The molecule has 94 valence electrons. The first-order chi connectivity index (χ1) is 8.62. The summed E-state index contributed by atoms with van der Waals surface area (Å²) >= 11 is 0. The van der Waals surface area contributed by atoms with Gasteiger partial charge in [-0.1, -0.05) is 49.4 Å². The second kappa shape index (κ2) is 4.08. The molecule has 2 aromatic rings. The van der Waals surface area contributed by atoms with E-state index in [1.54, 1.807) is 0 Å². The van der Waals surface area contributed by atoms with Crippen molar-refractivity contribution in [1.82, 2.24) is 0 Å². The fourth-order valence-corrected chi connectivity index (χ4v) is 3.05. The maximum Gasteiger partial charge on any atom is 0.0660 e. The van der Waals surface area contributed by atoms with Gasteiger partial charge in [0.15, 0.2) is 0 Å². The van der Waals surface area contributed by atoms with Crippen molar-refractivity contribution in [2.45, 2.75) is 37.4 Å². The topological polar surface area (TPSA) is 40.5 Å². The Bertz CT molecular complexity index is 566. The van der Waals surface area contributed by atoms with E-state index in [9.17, 15) is 10.2 Å². The summed E-state index contributed by atoms with van der Waals surface area (Å²) in [5, 5.41) is 22.7. The van der Waals surface area contributed by atoms with E-state index < -0.39 is 17.6 Å². The lowest BCUT2D eigenvalue weighted by atomic mass is 9.77. The zero-order valence-electron chi connectivity index (χ0n) is 10.5. The van der Waals surface area contributed by atoms with E-state index in [0.29, 0.717) is 12.8 Å². The van der Waals surface area contributed by atoms with Gasteiger partial charge in [0.2, 0.25) is 0 Å². The molecule has 0 saturated heterocycles. The molecule has 2 atom stereocenters. The van der Waals surface area contributed by atoms with Gasteiger partial charge in [0, 0.05) is 5.41 Å². The largest absolute Gasteiger partial charge is 0.392 e. The van der Waals surface area contributed by atoms with Crippen LogP contribution in [0.3, 0.4) is 0 Å². The summed E-state index contributed by atoms with van der Waals surface area (Å²) in [4.78, 5) is 0. The van der Waals surface area contributed by atoms with Gasteiger partial charge in [-0.15, -0.1) is 0 Å². The summed E-state index contributed by atoms with van der Waals surface area (Å²) in [6.45, 7) is 1.96. The van der Waals surface area contributed by atoms with Gasteiger partial charge < -0.3 is 10.2 Å². The molecule has 0 bridgehead atoms. The van der Waals surface area contributed by atoms with Gasteiger partial charge >= 0.3 is 0 Å². The molecule has 0 radical (unpaired) electrons. The van der Waals surface area contributed by atoms with Crippen LogP contribution < -0.4 is 0 Å². The van der Waals surface area contributed by atoms with E-state index in [4.69, 9.17) is 0 Å². The molecule has 3 rings (SSSR count). The monoisotopic (exact) mass is 242 g/mol. The van der Waals surface area contributed by atoms with Crippen LogP contribution >= 0.6 is 0 Å². The van der Waals surface area contributed by atoms with Gasteiger partial charge in [-0.3, -0.25) is 0 Å². The van der Waals surface area contributed by atoms with Crippen molar-refractivity contribution in [1.29, 1.82) is 0 Å². The Morgan fingerprint density at radius 1 is 0.944 bits per heavy atom. The third-order valence-corrected chi connectivity index (χ3v) is 4.47. The molecule has 2 unspecified atom stereocenters. The highest BCUT2D eigenvalue weighted by Gasteiger charge is 2.46. The molecule has 0 heterocycles. The van der Waals surface area contributed by atoms with Crippen LogP contribution in [0.4, 0.5) is 0 Å². The molecule has 0 spiro atoms. The number of hydrogen-bond acceptors (Lipinski definition) is 2. The minimum atomic E-state index is -0.538. The van der Waals surface area contributed by atoms with Crippen molar-refractivity contribution < 1.29 is 10.2 Å². The summed E-state index contributed by atoms with van der Waals surface area (Å²) in [6, 6.07) is 14.3. The number of aliphatic hydroxyl groups is 2. The summed E-state index contributed by atoms with van der Waals surface area (Å²) in [7, 11) is 0. The number of benzene rings is 2. The molecule has 0 amide bonds. The first kappa shape index (κ1) is 11.7. The fraction of sp³-hybridized carbons (Fsp3) is 0.375. The second-order valence-corrected chi connectivity index (χ2v) is 5.45. The average molecular weight is 242 g/mol. The summed E-state index contributed by atoms with van der Waals surface area (Å²) in [5.41, 5.74) is 0.489.